The highest BCUT2D eigenvalue weighted by atomic mass is 16.1. The first-order chi connectivity index (χ1) is 6.33. The van der Waals surface area contributed by atoms with Crippen molar-refractivity contribution >= 4 is 5.91 Å². The number of amides is 1. The van der Waals surface area contributed by atoms with Crippen LogP contribution in [0.25, 0.3) is 0 Å². The molecule has 0 atom stereocenters. The molecule has 0 bridgehead atoms. The fourth-order valence-corrected chi connectivity index (χ4v) is 1.07. The van der Waals surface area contributed by atoms with Crippen LogP contribution < -0.4 is 5.32 Å². The molecule has 1 aromatic heterocycles. The Morgan fingerprint density at radius 1 is 1.54 bits per heavy atom. The Hall–Kier alpha value is -1.38. The van der Waals surface area contributed by atoms with Crippen LogP contribution in [0.5, 0.6) is 0 Å². The average molecular weight is 178 g/mol. The first-order valence-corrected chi connectivity index (χ1v) is 4.49. The highest BCUT2D eigenvalue weighted by Crippen LogP contribution is 1.97. The Morgan fingerprint density at radius 2 is 2.38 bits per heavy atom. The van der Waals surface area contributed by atoms with Gasteiger partial charge in [0.2, 0.25) is 5.91 Å². The predicted molar refractivity (Wildman–Crippen MR) is 51.2 cm³/mol. The van der Waals surface area contributed by atoms with Crippen molar-refractivity contribution in [1.29, 1.82) is 0 Å². The summed E-state index contributed by atoms with van der Waals surface area (Å²) in [5, 5.41) is 2.75. The number of aromatic nitrogens is 1. The van der Waals surface area contributed by atoms with E-state index >= 15 is 0 Å². The molecular weight excluding hydrogens is 164 g/mol. The van der Waals surface area contributed by atoms with E-state index in [1.807, 2.05) is 25.1 Å². The van der Waals surface area contributed by atoms with Crippen LogP contribution in [0, 0.1) is 0 Å². The molecule has 0 aliphatic rings. The van der Waals surface area contributed by atoms with Gasteiger partial charge in [-0.1, -0.05) is 6.07 Å². The molecule has 70 valence electrons. The second-order valence-corrected chi connectivity index (χ2v) is 2.77. The van der Waals surface area contributed by atoms with Gasteiger partial charge < -0.3 is 5.32 Å². The van der Waals surface area contributed by atoms with E-state index < -0.39 is 0 Å². The third-order valence-electron chi connectivity index (χ3n) is 1.71. The lowest BCUT2D eigenvalue weighted by Gasteiger charge is -2.00. The Bertz CT molecular complexity index is 259. The zero-order valence-corrected chi connectivity index (χ0v) is 7.79. The minimum absolute atomic E-state index is 0.0909. The number of rotatable bonds is 4. The molecule has 0 aromatic carbocycles. The fraction of sp³-hybridized carbons (Fsp3) is 0.400. The molecule has 0 saturated heterocycles. The molecule has 1 amide bonds. The topological polar surface area (TPSA) is 42.0 Å². The third kappa shape index (κ3) is 3.69. The van der Waals surface area contributed by atoms with Crippen molar-refractivity contribution in [2.24, 2.45) is 0 Å². The van der Waals surface area contributed by atoms with E-state index in [0.717, 1.165) is 5.69 Å². The molecule has 0 aliphatic heterocycles. The van der Waals surface area contributed by atoms with Gasteiger partial charge in [0.05, 0.1) is 0 Å². The molecule has 0 unspecified atom stereocenters. The number of carbonyl (C=O) groups excluding carboxylic acids is 1. The number of nitrogens with zero attached hydrogens (tertiary/aromatic N) is 1. The number of hydrogen-bond acceptors (Lipinski definition) is 2. The largest absolute Gasteiger partial charge is 0.356 e. The number of aryl methyl sites for hydroxylation is 1. The molecular formula is C10H14N2O. The Balaban J connectivity index is 2.31. The van der Waals surface area contributed by atoms with E-state index in [0.29, 0.717) is 19.4 Å². The van der Waals surface area contributed by atoms with Crippen molar-refractivity contribution < 1.29 is 4.79 Å². The fourth-order valence-electron chi connectivity index (χ4n) is 1.07. The van der Waals surface area contributed by atoms with Crippen LogP contribution in [0.15, 0.2) is 24.4 Å². The smallest absolute Gasteiger partial charge is 0.220 e. The van der Waals surface area contributed by atoms with E-state index in [1.165, 1.54) is 0 Å². The second-order valence-electron chi connectivity index (χ2n) is 2.77. The maximum absolute atomic E-state index is 11.1. The van der Waals surface area contributed by atoms with Gasteiger partial charge in [-0.2, -0.15) is 0 Å². The van der Waals surface area contributed by atoms with Crippen molar-refractivity contribution in [1.82, 2.24) is 10.3 Å². The summed E-state index contributed by atoms with van der Waals surface area (Å²) in [6.45, 7) is 2.61. The molecule has 0 saturated carbocycles. The lowest BCUT2D eigenvalue weighted by molar-refractivity contribution is -0.120. The van der Waals surface area contributed by atoms with E-state index in [1.54, 1.807) is 6.20 Å². The van der Waals surface area contributed by atoms with Gasteiger partial charge in [-0.25, -0.2) is 0 Å². The van der Waals surface area contributed by atoms with Crippen LogP contribution in [0.1, 0.15) is 19.0 Å². The number of carbonyl (C=O) groups is 1. The molecule has 1 heterocycles. The van der Waals surface area contributed by atoms with Crippen molar-refractivity contribution in [2.45, 2.75) is 19.8 Å². The lowest BCUT2D eigenvalue weighted by Crippen LogP contribution is -2.22. The molecule has 0 aliphatic carbocycles. The zero-order valence-electron chi connectivity index (χ0n) is 7.79. The van der Waals surface area contributed by atoms with Crippen molar-refractivity contribution in [3.63, 3.8) is 0 Å². The summed E-state index contributed by atoms with van der Waals surface area (Å²) in [6, 6.07) is 5.73. The van der Waals surface area contributed by atoms with Crippen molar-refractivity contribution in [2.75, 3.05) is 6.54 Å². The maximum atomic E-state index is 11.1. The molecule has 1 rings (SSSR count). The minimum Gasteiger partial charge on any atom is -0.356 e. The summed E-state index contributed by atoms with van der Waals surface area (Å²) in [6.07, 6.45) is 2.98. The predicted octanol–water partition coefficient (Wildman–Crippen LogP) is 1.15. The molecule has 3 nitrogen and oxygen atoms in total. The zero-order chi connectivity index (χ0) is 9.52. The molecule has 0 radical (unpaired) electrons. The highest BCUT2D eigenvalue weighted by molar-refractivity contribution is 5.75. The Kier molecular flexibility index (Phi) is 3.96. The quantitative estimate of drug-likeness (QED) is 0.751. The van der Waals surface area contributed by atoms with Gasteiger partial charge in [-0.3, -0.25) is 9.78 Å². The molecule has 13 heavy (non-hydrogen) atoms. The van der Waals surface area contributed by atoms with E-state index in [4.69, 9.17) is 0 Å². The standard InChI is InChI=1S/C10H14N2O/c1-2-11-10(13)7-6-9-5-3-4-8-12-9/h3-5,8H,2,6-7H2,1H3,(H,11,13). The first kappa shape index (κ1) is 9.71. The first-order valence-electron chi connectivity index (χ1n) is 4.49. The van der Waals surface area contributed by atoms with Crippen LogP contribution in [0.2, 0.25) is 0 Å². The van der Waals surface area contributed by atoms with E-state index in [-0.39, 0.29) is 5.91 Å². The minimum atomic E-state index is 0.0909. The van der Waals surface area contributed by atoms with Crippen LogP contribution >= 0.6 is 0 Å². The van der Waals surface area contributed by atoms with Gasteiger partial charge in [-0.15, -0.1) is 0 Å². The maximum Gasteiger partial charge on any atom is 0.220 e. The second kappa shape index (κ2) is 5.30. The van der Waals surface area contributed by atoms with Gasteiger partial charge >= 0.3 is 0 Å². The molecule has 1 N–H and O–H groups in total. The molecule has 0 fully saturated rings. The third-order valence-corrected chi connectivity index (χ3v) is 1.71. The molecule has 0 spiro atoms. The van der Waals surface area contributed by atoms with Crippen LogP contribution in [0.4, 0.5) is 0 Å². The van der Waals surface area contributed by atoms with Gasteiger partial charge in [-0.05, 0) is 25.5 Å². The van der Waals surface area contributed by atoms with Crippen molar-refractivity contribution in [3.05, 3.63) is 30.1 Å². The van der Waals surface area contributed by atoms with E-state index in [2.05, 4.69) is 10.3 Å². The number of pyridine rings is 1. The van der Waals surface area contributed by atoms with Crippen molar-refractivity contribution in [3.8, 4) is 0 Å². The van der Waals surface area contributed by atoms with Crippen LogP contribution in [-0.2, 0) is 11.2 Å². The summed E-state index contributed by atoms with van der Waals surface area (Å²) in [7, 11) is 0. The van der Waals surface area contributed by atoms with Gasteiger partial charge in [0.15, 0.2) is 0 Å². The van der Waals surface area contributed by atoms with Gasteiger partial charge in [0.25, 0.3) is 0 Å². The average Bonchev–Trinajstić information content (AvgIpc) is 2.17. The van der Waals surface area contributed by atoms with Crippen LogP contribution in [-0.4, -0.2) is 17.4 Å². The van der Waals surface area contributed by atoms with Gasteiger partial charge in [0.1, 0.15) is 0 Å². The summed E-state index contributed by atoms with van der Waals surface area (Å²) in [5.74, 6) is 0.0909. The monoisotopic (exact) mass is 178 g/mol. The van der Waals surface area contributed by atoms with Crippen LogP contribution in [0.3, 0.4) is 0 Å². The van der Waals surface area contributed by atoms with Gasteiger partial charge in [0, 0.05) is 24.9 Å². The normalized spacial score (nSPS) is 9.62. The Labute approximate surface area is 78.2 Å². The SMILES string of the molecule is CCNC(=O)CCc1ccccn1. The van der Waals surface area contributed by atoms with E-state index in [9.17, 15) is 4.79 Å². The lowest BCUT2D eigenvalue weighted by atomic mass is 10.2. The Morgan fingerprint density at radius 3 is 3.00 bits per heavy atom. The molecule has 1 aromatic rings. The summed E-state index contributed by atoms with van der Waals surface area (Å²) < 4.78 is 0. The summed E-state index contributed by atoms with van der Waals surface area (Å²) >= 11 is 0. The number of hydrogen-bond donors (Lipinski definition) is 1. The summed E-state index contributed by atoms with van der Waals surface area (Å²) in [5.41, 5.74) is 0.966. The molecule has 3 heteroatoms. The summed E-state index contributed by atoms with van der Waals surface area (Å²) in [4.78, 5) is 15.2. The number of nitrogens with one attached hydrogen (secondary N) is 1. The highest BCUT2D eigenvalue weighted by Gasteiger charge is 2.00.